The van der Waals surface area contributed by atoms with Crippen molar-refractivity contribution in [3.63, 3.8) is 0 Å². The fourth-order valence-electron chi connectivity index (χ4n) is 2.29. The number of aromatic amines is 1. The summed E-state index contributed by atoms with van der Waals surface area (Å²) in [6.45, 7) is 2.72. The van der Waals surface area contributed by atoms with Gasteiger partial charge in [0, 0.05) is 36.0 Å². The Bertz CT molecular complexity index is 577. The second-order valence-corrected chi connectivity index (χ2v) is 4.44. The van der Waals surface area contributed by atoms with Crippen molar-refractivity contribution in [2.45, 2.75) is 19.8 Å². The Morgan fingerprint density at radius 3 is 2.89 bits per heavy atom. The van der Waals surface area contributed by atoms with Crippen LogP contribution in [0, 0.1) is 6.92 Å². The van der Waals surface area contributed by atoms with E-state index >= 15 is 0 Å². The molecule has 0 bridgehead atoms. The zero-order valence-corrected chi connectivity index (χ0v) is 10.2. The van der Waals surface area contributed by atoms with Gasteiger partial charge in [0.2, 0.25) is 5.91 Å². The van der Waals surface area contributed by atoms with Crippen LogP contribution in [0.15, 0.2) is 24.5 Å². The molecule has 1 aliphatic heterocycles. The number of pyridine rings is 1. The number of hydrogen-bond donors (Lipinski definition) is 1. The molecule has 1 saturated heterocycles. The van der Waals surface area contributed by atoms with Crippen molar-refractivity contribution in [2.24, 2.45) is 0 Å². The van der Waals surface area contributed by atoms with Crippen LogP contribution >= 0.6 is 0 Å². The molecule has 0 atom stereocenters. The van der Waals surface area contributed by atoms with Crippen LogP contribution in [-0.4, -0.2) is 27.6 Å². The van der Waals surface area contributed by atoms with Crippen molar-refractivity contribution in [2.75, 3.05) is 11.4 Å². The van der Waals surface area contributed by atoms with Gasteiger partial charge >= 0.3 is 0 Å². The highest BCUT2D eigenvalue weighted by atomic mass is 16.2. The summed E-state index contributed by atoms with van der Waals surface area (Å²) in [6, 6.07) is 3.90. The van der Waals surface area contributed by atoms with E-state index in [9.17, 15) is 4.79 Å². The first-order valence-electron chi connectivity index (χ1n) is 6.03. The van der Waals surface area contributed by atoms with Gasteiger partial charge in [-0.2, -0.15) is 5.10 Å². The molecular weight excluding hydrogens is 228 g/mol. The number of hydrogen-bond acceptors (Lipinski definition) is 3. The van der Waals surface area contributed by atoms with Gasteiger partial charge in [-0.1, -0.05) is 0 Å². The number of aryl methyl sites for hydroxylation is 1. The summed E-state index contributed by atoms with van der Waals surface area (Å²) in [6.07, 6.45) is 5.16. The lowest BCUT2D eigenvalue weighted by Crippen LogP contribution is -2.24. The van der Waals surface area contributed by atoms with E-state index in [2.05, 4.69) is 15.2 Å². The lowest BCUT2D eigenvalue weighted by atomic mass is 10.1. The van der Waals surface area contributed by atoms with Crippen molar-refractivity contribution in [3.8, 4) is 11.1 Å². The number of rotatable bonds is 2. The van der Waals surface area contributed by atoms with Crippen LogP contribution in [-0.2, 0) is 4.79 Å². The fraction of sp³-hybridized carbons (Fsp3) is 0.308. The zero-order chi connectivity index (χ0) is 12.5. The Balaban J connectivity index is 1.96. The van der Waals surface area contributed by atoms with Gasteiger partial charge in [0.05, 0.1) is 6.20 Å². The molecule has 2 aromatic rings. The first-order chi connectivity index (χ1) is 8.75. The highest BCUT2D eigenvalue weighted by molar-refractivity contribution is 5.94. The minimum absolute atomic E-state index is 0.165. The molecule has 5 heteroatoms. The van der Waals surface area contributed by atoms with E-state index in [1.807, 2.05) is 25.3 Å². The molecule has 18 heavy (non-hydrogen) atoms. The fourth-order valence-corrected chi connectivity index (χ4v) is 2.29. The van der Waals surface area contributed by atoms with Gasteiger partial charge in [0.25, 0.3) is 0 Å². The second-order valence-electron chi connectivity index (χ2n) is 4.44. The van der Waals surface area contributed by atoms with E-state index in [1.54, 1.807) is 11.1 Å². The van der Waals surface area contributed by atoms with Crippen LogP contribution in [0.2, 0.25) is 0 Å². The Morgan fingerprint density at radius 2 is 2.28 bits per heavy atom. The Kier molecular flexibility index (Phi) is 2.59. The topological polar surface area (TPSA) is 61.9 Å². The average molecular weight is 242 g/mol. The maximum atomic E-state index is 11.7. The van der Waals surface area contributed by atoms with Gasteiger partial charge in [0.15, 0.2) is 0 Å². The van der Waals surface area contributed by atoms with E-state index in [-0.39, 0.29) is 5.91 Å². The predicted molar refractivity (Wildman–Crippen MR) is 68.1 cm³/mol. The van der Waals surface area contributed by atoms with Gasteiger partial charge in [-0.25, -0.2) is 4.98 Å². The predicted octanol–water partition coefficient (Wildman–Crippen LogP) is 1.91. The Morgan fingerprint density at radius 1 is 1.39 bits per heavy atom. The molecule has 1 N–H and O–H groups in total. The van der Waals surface area contributed by atoms with Crippen LogP contribution < -0.4 is 4.90 Å². The lowest BCUT2D eigenvalue weighted by Gasteiger charge is -2.15. The third kappa shape index (κ3) is 1.77. The maximum absolute atomic E-state index is 11.7. The van der Waals surface area contributed by atoms with Crippen molar-refractivity contribution in [3.05, 3.63) is 30.2 Å². The van der Waals surface area contributed by atoms with E-state index in [0.29, 0.717) is 6.42 Å². The summed E-state index contributed by atoms with van der Waals surface area (Å²) < 4.78 is 0. The highest BCUT2D eigenvalue weighted by Crippen LogP contribution is 2.25. The first-order valence-corrected chi connectivity index (χ1v) is 6.03. The van der Waals surface area contributed by atoms with Crippen LogP contribution in [0.3, 0.4) is 0 Å². The van der Waals surface area contributed by atoms with Gasteiger partial charge in [-0.05, 0) is 25.5 Å². The minimum atomic E-state index is 0.165. The van der Waals surface area contributed by atoms with E-state index in [1.165, 1.54) is 0 Å². The summed E-state index contributed by atoms with van der Waals surface area (Å²) in [5.74, 6) is 0.917. The molecule has 1 fully saturated rings. The van der Waals surface area contributed by atoms with E-state index in [4.69, 9.17) is 0 Å². The quantitative estimate of drug-likeness (QED) is 0.875. The summed E-state index contributed by atoms with van der Waals surface area (Å²) in [7, 11) is 0. The number of carbonyl (C=O) groups excluding carboxylic acids is 1. The highest BCUT2D eigenvalue weighted by Gasteiger charge is 2.23. The second kappa shape index (κ2) is 4.25. The number of H-pyrrole nitrogens is 1. The molecule has 3 rings (SSSR count). The minimum Gasteiger partial charge on any atom is -0.297 e. The molecule has 2 aromatic heterocycles. The number of carbonyl (C=O) groups is 1. The molecule has 3 heterocycles. The zero-order valence-electron chi connectivity index (χ0n) is 10.2. The number of nitrogens with one attached hydrogen (secondary N) is 1. The first kappa shape index (κ1) is 11.0. The Labute approximate surface area is 105 Å². The van der Waals surface area contributed by atoms with Crippen molar-refractivity contribution >= 4 is 11.7 Å². The summed E-state index contributed by atoms with van der Waals surface area (Å²) in [4.78, 5) is 18.0. The SMILES string of the molecule is Cc1nc(N2CCCC2=O)ccc1-c1cn[nH]c1. The number of amides is 1. The van der Waals surface area contributed by atoms with Gasteiger partial charge in [-0.15, -0.1) is 0 Å². The summed E-state index contributed by atoms with van der Waals surface area (Å²) >= 11 is 0. The van der Waals surface area contributed by atoms with Crippen LogP contribution in [0.4, 0.5) is 5.82 Å². The third-order valence-electron chi connectivity index (χ3n) is 3.23. The van der Waals surface area contributed by atoms with Crippen LogP contribution in [0.5, 0.6) is 0 Å². The number of aromatic nitrogens is 3. The molecule has 1 aliphatic rings. The molecule has 0 aromatic carbocycles. The molecule has 0 unspecified atom stereocenters. The molecular formula is C13H14N4O. The van der Waals surface area contributed by atoms with Gasteiger partial charge in [-0.3, -0.25) is 14.8 Å². The molecule has 92 valence electrons. The number of anilines is 1. The average Bonchev–Trinajstić information content (AvgIpc) is 2.99. The maximum Gasteiger partial charge on any atom is 0.228 e. The van der Waals surface area contributed by atoms with Gasteiger partial charge < -0.3 is 0 Å². The molecule has 0 saturated carbocycles. The normalized spacial score (nSPS) is 15.4. The van der Waals surface area contributed by atoms with Crippen molar-refractivity contribution in [1.29, 1.82) is 0 Å². The smallest absolute Gasteiger partial charge is 0.228 e. The largest absolute Gasteiger partial charge is 0.297 e. The number of nitrogens with zero attached hydrogens (tertiary/aromatic N) is 3. The monoisotopic (exact) mass is 242 g/mol. The molecule has 1 amide bonds. The lowest BCUT2D eigenvalue weighted by molar-refractivity contribution is -0.117. The molecule has 0 spiro atoms. The standard InChI is InChI=1S/C13H14N4O/c1-9-11(10-7-14-15-8-10)4-5-12(16-9)17-6-2-3-13(17)18/h4-5,7-8H,2-3,6H2,1H3,(H,14,15). The molecule has 5 nitrogen and oxygen atoms in total. The molecule has 0 radical (unpaired) electrons. The summed E-state index contributed by atoms with van der Waals surface area (Å²) in [5.41, 5.74) is 2.96. The van der Waals surface area contributed by atoms with Gasteiger partial charge in [0.1, 0.15) is 5.82 Å². The van der Waals surface area contributed by atoms with Crippen LogP contribution in [0.1, 0.15) is 18.5 Å². The Hall–Kier alpha value is -2.17. The molecule has 0 aliphatic carbocycles. The van der Waals surface area contributed by atoms with Crippen molar-refractivity contribution < 1.29 is 4.79 Å². The summed E-state index contributed by atoms with van der Waals surface area (Å²) in [5, 5.41) is 6.72. The van der Waals surface area contributed by atoms with Crippen molar-refractivity contribution in [1.82, 2.24) is 15.2 Å². The van der Waals surface area contributed by atoms with E-state index in [0.717, 1.165) is 35.6 Å². The van der Waals surface area contributed by atoms with E-state index < -0.39 is 0 Å². The third-order valence-corrected chi connectivity index (χ3v) is 3.23. The van der Waals surface area contributed by atoms with Crippen LogP contribution in [0.25, 0.3) is 11.1 Å².